The third-order valence-corrected chi connectivity index (χ3v) is 5.61. The summed E-state index contributed by atoms with van der Waals surface area (Å²) in [6.07, 6.45) is 1.21. The Morgan fingerprint density at radius 2 is 1.64 bits per heavy atom. The Morgan fingerprint density at radius 1 is 1.00 bits per heavy atom. The molecule has 112 valence electrons. The van der Waals surface area contributed by atoms with E-state index >= 15 is 0 Å². The van der Waals surface area contributed by atoms with Gasteiger partial charge in [-0.2, -0.15) is 0 Å². The predicted molar refractivity (Wildman–Crippen MR) is 93.0 cm³/mol. The number of rotatable bonds is 3. The first-order chi connectivity index (χ1) is 10.5. The third-order valence-electron chi connectivity index (χ3n) is 3.29. The monoisotopic (exact) mass is 347 g/mol. The largest absolute Gasteiger partial charge is 0.292 e. The molecule has 0 bridgehead atoms. The fraction of sp³-hybridized carbons (Fsp3) is 0.0625. The van der Waals surface area contributed by atoms with Crippen LogP contribution in [0.1, 0.15) is 0 Å². The molecule has 0 atom stereocenters. The highest BCUT2D eigenvalue weighted by Crippen LogP contribution is 2.28. The van der Waals surface area contributed by atoms with Gasteiger partial charge in [0.2, 0.25) is 0 Å². The summed E-state index contributed by atoms with van der Waals surface area (Å²) < 4.78 is 25.9. The van der Waals surface area contributed by atoms with Crippen molar-refractivity contribution in [3.63, 3.8) is 0 Å². The molecular weight excluding hydrogens is 334 g/mol. The summed E-state index contributed by atoms with van der Waals surface area (Å²) in [4.78, 5) is 0.316. The van der Waals surface area contributed by atoms with E-state index in [1.54, 1.807) is 12.1 Å². The van der Waals surface area contributed by atoms with Gasteiger partial charge in [-0.3, -0.25) is 4.57 Å². The zero-order valence-electron chi connectivity index (χ0n) is 11.8. The highest BCUT2D eigenvalue weighted by molar-refractivity contribution is 7.90. The number of para-hydroxylation sites is 1. The molecule has 0 unspecified atom stereocenters. The minimum atomic E-state index is -3.18. The lowest BCUT2D eigenvalue weighted by Gasteiger charge is -2.09. The van der Waals surface area contributed by atoms with Gasteiger partial charge in [0.15, 0.2) is 13.8 Å². The molecule has 0 amide bonds. The zero-order chi connectivity index (χ0) is 15.7. The van der Waals surface area contributed by atoms with E-state index in [0.29, 0.717) is 4.90 Å². The van der Waals surface area contributed by atoms with Crippen LogP contribution in [0.4, 0.5) is 0 Å². The number of thiazole rings is 1. The number of sulfone groups is 1. The Morgan fingerprint density at radius 3 is 2.23 bits per heavy atom. The highest BCUT2D eigenvalue weighted by Gasteiger charge is 2.11. The van der Waals surface area contributed by atoms with Gasteiger partial charge in [0, 0.05) is 17.3 Å². The topological polar surface area (TPSA) is 39.1 Å². The maximum atomic E-state index is 11.6. The molecule has 0 fully saturated rings. The van der Waals surface area contributed by atoms with Crippen molar-refractivity contribution in [2.45, 2.75) is 4.90 Å². The van der Waals surface area contributed by atoms with Crippen molar-refractivity contribution in [3.8, 4) is 16.9 Å². The molecule has 1 aromatic heterocycles. The molecule has 0 spiro atoms. The number of aromatic nitrogens is 1. The number of hydrogen-bond donors (Lipinski definition) is 0. The Hall–Kier alpha value is -1.76. The van der Waals surface area contributed by atoms with Gasteiger partial charge >= 0.3 is 0 Å². The summed E-state index contributed by atoms with van der Waals surface area (Å²) in [7, 11) is -3.18. The molecule has 3 rings (SSSR count). The molecule has 0 saturated heterocycles. The average Bonchev–Trinajstić information content (AvgIpc) is 2.89. The van der Waals surface area contributed by atoms with E-state index in [9.17, 15) is 8.42 Å². The molecule has 0 aliphatic heterocycles. The second kappa shape index (κ2) is 5.79. The average molecular weight is 347 g/mol. The van der Waals surface area contributed by atoms with Crippen molar-refractivity contribution in [2.75, 3.05) is 6.26 Å². The second-order valence-electron chi connectivity index (χ2n) is 4.85. The van der Waals surface area contributed by atoms with Crippen LogP contribution in [0.2, 0.25) is 0 Å². The SMILES string of the molecule is CS(=O)(=O)c1ccc(-c2csc(=S)n2-c2ccccc2)cc1. The molecule has 0 aliphatic rings. The summed E-state index contributed by atoms with van der Waals surface area (Å²) in [5.41, 5.74) is 2.89. The van der Waals surface area contributed by atoms with Crippen molar-refractivity contribution < 1.29 is 8.42 Å². The van der Waals surface area contributed by atoms with Crippen LogP contribution in [0.5, 0.6) is 0 Å². The van der Waals surface area contributed by atoms with E-state index in [4.69, 9.17) is 12.2 Å². The first-order valence-corrected chi connectivity index (χ1v) is 9.71. The Kier molecular flexibility index (Phi) is 3.99. The Balaban J connectivity index is 2.13. The Labute approximate surface area is 138 Å². The van der Waals surface area contributed by atoms with Crippen molar-refractivity contribution in [3.05, 3.63) is 63.9 Å². The molecule has 0 N–H and O–H groups in total. The van der Waals surface area contributed by atoms with Gasteiger partial charge < -0.3 is 0 Å². The van der Waals surface area contributed by atoms with E-state index < -0.39 is 9.84 Å². The van der Waals surface area contributed by atoms with E-state index in [1.165, 1.54) is 17.6 Å². The lowest BCUT2D eigenvalue weighted by molar-refractivity contribution is 0.602. The molecular formula is C16H13NO2S3. The summed E-state index contributed by atoms with van der Waals surface area (Å²) >= 11 is 6.92. The molecule has 22 heavy (non-hydrogen) atoms. The van der Waals surface area contributed by atoms with E-state index in [2.05, 4.69) is 0 Å². The van der Waals surface area contributed by atoms with Crippen LogP contribution < -0.4 is 0 Å². The van der Waals surface area contributed by atoms with Gasteiger partial charge in [0.25, 0.3) is 0 Å². The summed E-state index contributed by atoms with van der Waals surface area (Å²) in [6.45, 7) is 0. The maximum absolute atomic E-state index is 11.6. The molecule has 6 heteroatoms. The van der Waals surface area contributed by atoms with Crippen molar-refractivity contribution in [2.24, 2.45) is 0 Å². The van der Waals surface area contributed by atoms with Crippen molar-refractivity contribution in [1.82, 2.24) is 4.57 Å². The van der Waals surface area contributed by atoms with Gasteiger partial charge in [0.1, 0.15) is 0 Å². The predicted octanol–water partition coefficient (Wildman–Crippen LogP) is 4.34. The molecule has 1 heterocycles. The molecule has 3 nitrogen and oxygen atoms in total. The van der Waals surface area contributed by atoms with Crippen LogP contribution in [0.25, 0.3) is 16.9 Å². The standard InChI is InChI=1S/C16H13NO2S3/c1-22(18,19)14-9-7-12(8-10-14)15-11-21-16(20)17(15)13-5-3-2-4-6-13/h2-11H,1H3. The van der Waals surface area contributed by atoms with E-state index in [-0.39, 0.29) is 0 Å². The van der Waals surface area contributed by atoms with Crippen LogP contribution in [-0.4, -0.2) is 19.2 Å². The fourth-order valence-corrected chi connectivity index (χ4v) is 3.94. The quantitative estimate of drug-likeness (QED) is 0.662. The van der Waals surface area contributed by atoms with Crippen LogP contribution in [0.3, 0.4) is 0 Å². The Bertz CT molecular complexity index is 953. The van der Waals surface area contributed by atoms with Crippen molar-refractivity contribution >= 4 is 33.4 Å². The van der Waals surface area contributed by atoms with Crippen molar-refractivity contribution in [1.29, 1.82) is 0 Å². The minimum absolute atomic E-state index is 0.316. The van der Waals surface area contributed by atoms with Gasteiger partial charge in [0.05, 0.1) is 10.6 Å². The van der Waals surface area contributed by atoms with Crippen LogP contribution in [0, 0.1) is 3.95 Å². The normalized spacial score (nSPS) is 11.5. The first-order valence-electron chi connectivity index (χ1n) is 6.53. The van der Waals surface area contributed by atoms with E-state index in [0.717, 1.165) is 20.9 Å². The fourth-order valence-electron chi connectivity index (χ4n) is 2.20. The van der Waals surface area contributed by atoms with Crippen LogP contribution >= 0.6 is 23.6 Å². The molecule has 3 aromatic rings. The maximum Gasteiger partial charge on any atom is 0.175 e. The van der Waals surface area contributed by atoms with Crippen LogP contribution in [0.15, 0.2) is 64.9 Å². The minimum Gasteiger partial charge on any atom is -0.292 e. The lowest BCUT2D eigenvalue weighted by Crippen LogP contribution is -1.98. The molecule has 0 aliphatic carbocycles. The van der Waals surface area contributed by atoms with Gasteiger partial charge in [-0.1, -0.05) is 30.3 Å². The lowest BCUT2D eigenvalue weighted by atomic mass is 10.1. The third kappa shape index (κ3) is 2.90. The van der Waals surface area contributed by atoms with E-state index in [1.807, 2.05) is 52.4 Å². The molecule has 2 aromatic carbocycles. The highest BCUT2D eigenvalue weighted by atomic mass is 32.2. The zero-order valence-corrected chi connectivity index (χ0v) is 14.2. The number of nitrogens with zero attached hydrogens (tertiary/aromatic N) is 1. The number of hydrogen-bond acceptors (Lipinski definition) is 4. The van der Waals surface area contributed by atoms with Gasteiger partial charge in [-0.15, -0.1) is 11.3 Å². The van der Waals surface area contributed by atoms with Gasteiger partial charge in [-0.05, 0) is 42.0 Å². The summed E-state index contributed by atoms with van der Waals surface area (Å²) in [6, 6.07) is 16.8. The number of benzene rings is 2. The van der Waals surface area contributed by atoms with Crippen LogP contribution in [-0.2, 0) is 9.84 Å². The second-order valence-corrected chi connectivity index (χ2v) is 8.37. The molecule has 0 radical (unpaired) electrons. The summed E-state index contributed by atoms with van der Waals surface area (Å²) in [5.74, 6) is 0. The molecule has 0 saturated carbocycles. The van der Waals surface area contributed by atoms with Gasteiger partial charge in [-0.25, -0.2) is 8.42 Å². The summed E-state index contributed by atoms with van der Waals surface area (Å²) in [5, 5.41) is 1.99. The smallest absolute Gasteiger partial charge is 0.175 e. The first kappa shape index (κ1) is 15.1.